The molecule has 2 atom stereocenters. The fourth-order valence-electron chi connectivity index (χ4n) is 7.60. The Labute approximate surface area is 268 Å². The Kier molecular flexibility index (Phi) is 9.49. The van der Waals surface area contributed by atoms with Crippen LogP contribution in [0.2, 0.25) is 0 Å². The monoisotopic (exact) mass is 659 g/mol. The zero-order valence-electron chi connectivity index (χ0n) is 26.7. The van der Waals surface area contributed by atoms with Gasteiger partial charge in [-0.1, -0.05) is 37.5 Å². The standard InChI is InChI=1S/C34H44F3N5O3S/c1-22-8-5-3-4-6-15-41-16-11-25(12-17-41)34(36,37)29-10-7-9-26(30(29)35)23(2)40-31-28-20-27(24-13-18-46(44,45)19-14-24)33(43)42(22)32(28)39-21-38-31/h7,9-10,20-25H,3-6,8,11-19H2,1-2H3,(H,38,39,40)/t22?,23-/m1/s1. The second-order valence-electron chi connectivity index (χ2n) is 13.5. The van der Waals surface area contributed by atoms with Crippen LogP contribution < -0.4 is 10.9 Å². The van der Waals surface area contributed by atoms with Crippen LogP contribution in [0.1, 0.15) is 106 Å². The number of sulfone groups is 1. The Hall–Kier alpha value is -2.99. The number of alkyl halides is 2. The van der Waals surface area contributed by atoms with Crippen molar-refractivity contribution in [2.75, 3.05) is 36.5 Å². The molecule has 6 heterocycles. The Morgan fingerprint density at radius 1 is 0.913 bits per heavy atom. The van der Waals surface area contributed by atoms with E-state index in [1.807, 2.05) is 6.92 Å². The van der Waals surface area contributed by atoms with Crippen molar-refractivity contribution in [1.29, 1.82) is 0 Å². The molecule has 1 aromatic carbocycles. The molecule has 250 valence electrons. The number of nitrogens with zero attached hydrogens (tertiary/aromatic N) is 4. The number of benzene rings is 1. The summed E-state index contributed by atoms with van der Waals surface area (Å²) in [4.78, 5) is 25.3. The van der Waals surface area contributed by atoms with Gasteiger partial charge in [-0.2, -0.15) is 0 Å². The smallest absolute Gasteiger partial charge is 0.278 e. The molecule has 2 saturated heterocycles. The average molecular weight is 660 g/mol. The van der Waals surface area contributed by atoms with Crippen molar-refractivity contribution in [2.24, 2.45) is 5.92 Å². The van der Waals surface area contributed by atoms with Crippen LogP contribution in [0.15, 0.2) is 35.4 Å². The number of halogens is 3. The number of nitrogens with one attached hydrogen (secondary N) is 1. The van der Waals surface area contributed by atoms with E-state index < -0.39 is 39.1 Å². The van der Waals surface area contributed by atoms with Crippen LogP contribution in [0.5, 0.6) is 0 Å². The second kappa shape index (κ2) is 13.3. The van der Waals surface area contributed by atoms with Gasteiger partial charge in [0.1, 0.15) is 33.4 Å². The lowest BCUT2D eigenvalue weighted by molar-refractivity contribution is -0.0880. The van der Waals surface area contributed by atoms with Crippen LogP contribution in [-0.4, -0.2) is 59.0 Å². The van der Waals surface area contributed by atoms with E-state index in [2.05, 4.69) is 20.2 Å². The van der Waals surface area contributed by atoms with Crippen LogP contribution in [-0.2, 0) is 15.8 Å². The molecule has 0 spiro atoms. The molecule has 1 unspecified atom stereocenters. The van der Waals surface area contributed by atoms with Crippen molar-refractivity contribution in [1.82, 2.24) is 19.4 Å². The number of hydrogen-bond donors (Lipinski definition) is 1. The average Bonchev–Trinajstić information content (AvgIpc) is 3.02. The van der Waals surface area contributed by atoms with E-state index in [1.54, 1.807) is 17.6 Å². The third-order valence-electron chi connectivity index (χ3n) is 10.4. The molecule has 3 aromatic rings. The fourth-order valence-corrected chi connectivity index (χ4v) is 9.09. The van der Waals surface area contributed by atoms with Gasteiger partial charge in [-0.25, -0.2) is 31.6 Å². The predicted molar refractivity (Wildman–Crippen MR) is 174 cm³/mol. The number of rotatable bonds is 1. The lowest BCUT2D eigenvalue weighted by Crippen LogP contribution is -2.40. The van der Waals surface area contributed by atoms with Gasteiger partial charge in [0, 0.05) is 23.1 Å². The van der Waals surface area contributed by atoms with E-state index in [0.717, 1.165) is 38.6 Å². The zero-order chi connectivity index (χ0) is 32.6. The summed E-state index contributed by atoms with van der Waals surface area (Å²) in [7, 11) is -3.14. The van der Waals surface area contributed by atoms with Crippen molar-refractivity contribution in [3.8, 4) is 0 Å². The van der Waals surface area contributed by atoms with Gasteiger partial charge in [0.25, 0.3) is 11.5 Å². The van der Waals surface area contributed by atoms with E-state index in [4.69, 9.17) is 0 Å². The maximum Gasteiger partial charge on any atom is 0.278 e. The van der Waals surface area contributed by atoms with E-state index in [0.29, 0.717) is 61.2 Å². The van der Waals surface area contributed by atoms with Gasteiger partial charge in [-0.05, 0) is 84.0 Å². The highest BCUT2D eigenvalue weighted by Crippen LogP contribution is 2.44. The van der Waals surface area contributed by atoms with Gasteiger partial charge in [0.15, 0.2) is 0 Å². The largest absolute Gasteiger partial charge is 0.363 e. The first-order valence-corrected chi connectivity index (χ1v) is 18.5. The maximum atomic E-state index is 16.0. The lowest BCUT2D eigenvalue weighted by Gasteiger charge is -2.36. The van der Waals surface area contributed by atoms with Crippen molar-refractivity contribution >= 4 is 26.7 Å². The van der Waals surface area contributed by atoms with Crippen molar-refractivity contribution in [3.05, 3.63) is 63.5 Å². The van der Waals surface area contributed by atoms with E-state index in [1.165, 1.54) is 24.5 Å². The van der Waals surface area contributed by atoms with Crippen molar-refractivity contribution in [2.45, 2.75) is 95.6 Å². The molecule has 1 N–H and O–H groups in total. The Balaban J connectivity index is 1.44. The molecular formula is C34H44F3N5O3S. The molecule has 8 nitrogen and oxygen atoms in total. The van der Waals surface area contributed by atoms with Crippen molar-refractivity contribution < 1.29 is 21.6 Å². The molecular weight excluding hydrogens is 615 g/mol. The minimum absolute atomic E-state index is 0.0245. The molecule has 12 heteroatoms. The van der Waals surface area contributed by atoms with Crippen LogP contribution >= 0.6 is 0 Å². The normalized spacial score (nSPS) is 27.6. The Morgan fingerprint density at radius 2 is 1.63 bits per heavy atom. The van der Waals surface area contributed by atoms with Gasteiger partial charge in [0.2, 0.25) is 0 Å². The van der Waals surface area contributed by atoms with Gasteiger partial charge in [0.05, 0.1) is 28.5 Å². The summed E-state index contributed by atoms with van der Waals surface area (Å²) in [6, 6.07) is 5.04. The van der Waals surface area contributed by atoms with Gasteiger partial charge >= 0.3 is 0 Å². The third-order valence-corrected chi connectivity index (χ3v) is 12.2. The maximum absolute atomic E-state index is 16.0. The van der Waals surface area contributed by atoms with Gasteiger partial charge in [-0.3, -0.25) is 9.36 Å². The number of piperidine rings is 1. The summed E-state index contributed by atoms with van der Waals surface area (Å²) in [5, 5.41) is 3.80. The van der Waals surface area contributed by atoms with E-state index in [-0.39, 0.29) is 34.6 Å². The summed E-state index contributed by atoms with van der Waals surface area (Å²) < 4.78 is 73.9. The quantitative estimate of drug-likeness (QED) is 0.310. The van der Waals surface area contributed by atoms with Gasteiger partial charge in [-0.15, -0.1) is 0 Å². The van der Waals surface area contributed by atoms with Gasteiger partial charge < -0.3 is 10.2 Å². The highest BCUT2D eigenvalue weighted by atomic mass is 32.2. The molecule has 0 amide bonds. The lowest BCUT2D eigenvalue weighted by atomic mass is 9.85. The van der Waals surface area contributed by atoms with E-state index >= 15 is 13.2 Å². The number of anilines is 1. The van der Waals surface area contributed by atoms with E-state index in [9.17, 15) is 13.2 Å². The predicted octanol–water partition coefficient (Wildman–Crippen LogP) is 6.72. The first-order chi connectivity index (χ1) is 22.0. The Morgan fingerprint density at radius 3 is 2.37 bits per heavy atom. The van der Waals surface area contributed by atoms with Crippen LogP contribution in [0.4, 0.5) is 19.0 Å². The zero-order valence-corrected chi connectivity index (χ0v) is 27.5. The minimum atomic E-state index is -3.30. The summed E-state index contributed by atoms with van der Waals surface area (Å²) >= 11 is 0. The highest BCUT2D eigenvalue weighted by Gasteiger charge is 2.45. The number of fused-ring (bicyclic) bond motifs is 9. The molecule has 8 bridgehead atoms. The second-order valence-corrected chi connectivity index (χ2v) is 15.8. The number of pyridine rings is 1. The number of aromatic nitrogens is 3. The molecule has 0 radical (unpaired) electrons. The molecule has 0 aliphatic carbocycles. The first-order valence-electron chi connectivity index (χ1n) is 16.7. The van der Waals surface area contributed by atoms with Crippen LogP contribution in [0.3, 0.4) is 0 Å². The summed E-state index contributed by atoms with van der Waals surface area (Å²) in [5.74, 6) is -4.98. The highest BCUT2D eigenvalue weighted by molar-refractivity contribution is 7.91. The van der Waals surface area contributed by atoms with Crippen LogP contribution in [0, 0.1) is 11.7 Å². The summed E-state index contributed by atoms with van der Waals surface area (Å²) in [6.07, 6.45) is 7.34. The summed E-state index contributed by atoms with van der Waals surface area (Å²) in [6.45, 7) is 5.71. The molecule has 0 saturated carbocycles. The topological polar surface area (TPSA) is 97.2 Å². The molecule has 4 aliphatic heterocycles. The fraction of sp³-hybridized carbons (Fsp3) is 0.618. The molecule has 2 aromatic heterocycles. The third kappa shape index (κ3) is 6.56. The SMILES string of the molecule is CC1CCCCCCN2CCC(CC2)C(F)(F)c2cccc(c2F)[C@@H](C)Nc2ncnc3c2cc(C2CCS(=O)(=O)CC2)c(=O)n31. The summed E-state index contributed by atoms with van der Waals surface area (Å²) in [5.41, 5.74) is 0.310. The first kappa shape index (κ1) is 32.9. The van der Waals surface area contributed by atoms with Crippen molar-refractivity contribution in [3.63, 3.8) is 0 Å². The van der Waals surface area contributed by atoms with Crippen LogP contribution in [0.25, 0.3) is 11.0 Å². The molecule has 7 rings (SSSR count). The minimum Gasteiger partial charge on any atom is -0.363 e. The molecule has 2 fully saturated rings. The molecule has 46 heavy (non-hydrogen) atoms. The number of hydrogen-bond acceptors (Lipinski definition) is 7. The Bertz CT molecular complexity index is 1730. The molecule has 4 aliphatic rings.